The van der Waals surface area contributed by atoms with Gasteiger partial charge in [-0.05, 0) is 42.6 Å². The number of aliphatic hydroxyl groups excluding tert-OH is 2. The van der Waals surface area contributed by atoms with E-state index in [1.165, 1.54) is 0 Å². The van der Waals surface area contributed by atoms with E-state index in [0.29, 0.717) is 32.3 Å². The standard InChI is InChI=1S/C23H32O7/c1-11-13-5-6-14-21-10-30-23(28,22(14,16(11)24)18(13)26)19(27)15(21)20(2,3)9-12(17(21)25)7-8-29-4/h12-15,18-19,26-28H,1,5-10H2,2-4H3/t12-,13-,14-,15+,18+,19-,21-,22-,23+/m0/s1. The Kier molecular flexibility index (Phi) is 4.16. The number of carbonyl (C=O) groups is 2. The molecule has 7 nitrogen and oxygen atoms in total. The van der Waals surface area contributed by atoms with Gasteiger partial charge >= 0.3 is 0 Å². The predicted octanol–water partition coefficient (Wildman–Crippen LogP) is 0.846. The zero-order valence-electron chi connectivity index (χ0n) is 17.9. The first-order valence-electron chi connectivity index (χ1n) is 11.0. The Bertz CT molecular complexity index is 835. The summed E-state index contributed by atoms with van der Waals surface area (Å²) in [6.45, 7) is 8.33. The SMILES string of the molecule is C=C1C(=O)[C@]23[C@H](O)[C@H]1CC[C@H]2[C@@]12CO[C@]3(O)[C@@H](O)[C@@H]1C(C)(C)C[C@H](CCOC)C2=O. The Balaban J connectivity index is 1.74. The smallest absolute Gasteiger partial charge is 0.208 e. The molecule has 0 aromatic heterocycles. The van der Waals surface area contributed by atoms with Crippen LogP contribution >= 0.6 is 0 Å². The van der Waals surface area contributed by atoms with Gasteiger partial charge in [0.2, 0.25) is 5.79 Å². The Hall–Kier alpha value is -1.12. The van der Waals surface area contributed by atoms with E-state index >= 15 is 0 Å². The molecule has 2 spiro atoms. The average Bonchev–Trinajstić information content (AvgIpc) is 2.80. The first kappa shape index (κ1) is 20.8. The number of hydrogen-bond acceptors (Lipinski definition) is 7. The van der Waals surface area contributed by atoms with Crippen LogP contribution < -0.4 is 0 Å². The topological polar surface area (TPSA) is 113 Å². The molecule has 4 saturated carbocycles. The molecule has 0 unspecified atom stereocenters. The maximum Gasteiger partial charge on any atom is 0.208 e. The molecule has 7 heteroatoms. The predicted molar refractivity (Wildman–Crippen MR) is 105 cm³/mol. The third-order valence-corrected chi connectivity index (χ3v) is 9.41. The summed E-state index contributed by atoms with van der Waals surface area (Å²) in [6, 6.07) is 0. The number of rotatable bonds is 3. The Labute approximate surface area is 176 Å². The molecule has 6 fully saturated rings. The van der Waals surface area contributed by atoms with Crippen molar-refractivity contribution in [1.82, 2.24) is 0 Å². The van der Waals surface area contributed by atoms with Gasteiger partial charge in [-0.3, -0.25) is 9.59 Å². The van der Waals surface area contributed by atoms with Crippen LogP contribution in [0.1, 0.15) is 39.5 Å². The fourth-order valence-corrected chi connectivity index (χ4v) is 8.48. The number of aliphatic hydroxyl groups is 3. The number of hydrogen-bond donors (Lipinski definition) is 3. The van der Waals surface area contributed by atoms with Crippen LogP contribution in [0.3, 0.4) is 0 Å². The van der Waals surface area contributed by atoms with E-state index < -0.39 is 57.8 Å². The molecule has 3 N–H and O–H groups in total. The van der Waals surface area contributed by atoms with Gasteiger partial charge in [-0.25, -0.2) is 0 Å². The monoisotopic (exact) mass is 420 g/mol. The van der Waals surface area contributed by atoms with Crippen LogP contribution in [-0.4, -0.2) is 65.2 Å². The largest absolute Gasteiger partial charge is 0.391 e. The molecule has 0 aromatic carbocycles. The molecule has 0 aromatic rings. The molecular formula is C23H32O7. The van der Waals surface area contributed by atoms with Gasteiger partial charge in [-0.1, -0.05) is 20.4 Å². The van der Waals surface area contributed by atoms with Crippen LogP contribution in [0.15, 0.2) is 12.2 Å². The first-order valence-corrected chi connectivity index (χ1v) is 11.0. The van der Waals surface area contributed by atoms with E-state index in [-0.39, 0.29) is 23.9 Å². The zero-order chi connectivity index (χ0) is 21.9. The van der Waals surface area contributed by atoms with Crippen molar-refractivity contribution in [2.45, 2.75) is 57.5 Å². The molecule has 30 heavy (non-hydrogen) atoms. The molecule has 6 aliphatic rings. The van der Waals surface area contributed by atoms with Crippen molar-refractivity contribution in [3.05, 3.63) is 12.2 Å². The average molecular weight is 421 g/mol. The minimum Gasteiger partial charge on any atom is -0.391 e. The second kappa shape index (κ2) is 6.01. The highest BCUT2D eigenvalue weighted by Crippen LogP contribution is 2.76. The van der Waals surface area contributed by atoms with Gasteiger partial charge in [0, 0.05) is 31.5 Å². The summed E-state index contributed by atoms with van der Waals surface area (Å²) in [5.41, 5.74) is -3.06. The van der Waals surface area contributed by atoms with Crippen LogP contribution in [0.4, 0.5) is 0 Å². The number of Topliss-reactive ketones (excluding diaryl/α,β-unsaturated/α-hetero) is 2. The van der Waals surface area contributed by atoms with Gasteiger partial charge in [0.25, 0.3) is 0 Å². The summed E-state index contributed by atoms with van der Waals surface area (Å²) in [5.74, 6) is -4.61. The lowest BCUT2D eigenvalue weighted by atomic mass is 9.35. The molecule has 166 valence electrons. The van der Waals surface area contributed by atoms with Gasteiger partial charge in [-0.2, -0.15) is 0 Å². The van der Waals surface area contributed by atoms with Crippen LogP contribution in [-0.2, 0) is 19.1 Å². The summed E-state index contributed by atoms with van der Waals surface area (Å²) in [6.07, 6.45) is -0.494. The van der Waals surface area contributed by atoms with Crippen molar-refractivity contribution in [2.24, 2.45) is 39.9 Å². The van der Waals surface area contributed by atoms with Crippen LogP contribution in [0, 0.1) is 39.9 Å². The molecule has 2 saturated heterocycles. The van der Waals surface area contributed by atoms with Crippen LogP contribution in [0.25, 0.3) is 0 Å². The van der Waals surface area contributed by atoms with Crippen molar-refractivity contribution in [1.29, 1.82) is 0 Å². The highest BCUT2D eigenvalue weighted by Gasteiger charge is 2.87. The first-order chi connectivity index (χ1) is 14.0. The van der Waals surface area contributed by atoms with Crippen LogP contribution in [0.5, 0.6) is 0 Å². The number of carbonyl (C=O) groups excluding carboxylic acids is 2. The lowest BCUT2D eigenvalue weighted by Gasteiger charge is -2.73. The maximum absolute atomic E-state index is 14.1. The molecule has 9 atom stereocenters. The van der Waals surface area contributed by atoms with Gasteiger partial charge in [-0.15, -0.1) is 0 Å². The molecule has 6 rings (SSSR count). The minimum atomic E-state index is -2.23. The van der Waals surface area contributed by atoms with E-state index in [9.17, 15) is 24.9 Å². The highest BCUT2D eigenvalue weighted by atomic mass is 16.6. The van der Waals surface area contributed by atoms with E-state index in [2.05, 4.69) is 6.58 Å². The second-order valence-corrected chi connectivity index (χ2v) is 10.9. The summed E-state index contributed by atoms with van der Waals surface area (Å²) in [5, 5.41) is 34.5. The van der Waals surface area contributed by atoms with Gasteiger partial charge in [0.1, 0.15) is 17.3 Å². The van der Waals surface area contributed by atoms with Crippen LogP contribution in [0.2, 0.25) is 0 Å². The van der Waals surface area contributed by atoms with E-state index in [1.807, 2.05) is 13.8 Å². The van der Waals surface area contributed by atoms with Crippen molar-refractivity contribution < 1.29 is 34.4 Å². The molecule has 0 amide bonds. The van der Waals surface area contributed by atoms with Crippen molar-refractivity contribution in [2.75, 3.05) is 20.3 Å². The number of fused-ring (bicyclic) bond motifs is 2. The third kappa shape index (κ3) is 1.92. The normalized spacial score (nSPS) is 53.6. The summed E-state index contributed by atoms with van der Waals surface area (Å²) in [4.78, 5) is 27.6. The second-order valence-electron chi connectivity index (χ2n) is 10.9. The lowest BCUT2D eigenvalue weighted by molar-refractivity contribution is -0.438. The fraction of sp³-hybridized carbons (Fsp3) is 0.826. The maximum atomic E-state index is 14.1. The zero-order valence-corrected chi connectivity index (χ0v) is 17.9. The summed E-state index contributed by atoms with van der Waals surface area (Å²) >= 11 is 0. The van der Waals surface area contributed by atoms with Gasteiger partial charge < -0.3 is 24.8 Å². The molecule has 0 radical (unpaired) electrons. The third-order valence-electron chi connectivity index (χ3n) is 9.41. The Morgan fingerprint density at radius 3 is 2.57 bits per heavy atom. The summed E-state index contributed by atoms with van der Waals surface area (Å²) < 4.78 is 11.1. The van der Waals surface area contributed by atoms with E-state index in [1.54, 1.807) is 7.11 Å². The van der Waals surface area contributed by atoms with Gasteiger partial charge in [0.05, 0.1) is 18.1 Å². The minimum absolute atomic E-state index is 0.0231. The summed E-state index contributed by atoms with van der Waals surface area (Å²) in [7, 11) is 1.60. The molecule has 4 bridgehead atoms. The van der Waals surface area contributed by atoms with E-state index in [4.69, 9.17) is 9.47 Å². The molecule has 2 heterocycles. The highest BCUT2D eigenvalue weighted by molar-refractivity contribution is 6.06. The fourth-order valence-electron chi connectivity index (χ4n) is 8.48. The lowest BCUT2D eigenvalue weighted by Crippen LogP contribution is -2.85. The number of methoxy groups -OCH3 is 1. The van der Waals surface area contributed by atoms with E-state index in [0.717, 1.165) is 0 Å². The Morgan fingerprint density at radius 2 is 1.90 bits per heavy atom. The van der Waals surface area contributed by atoms with Crippen molar-refractivity contribution >= 4 is 11.6 Å². The van der Waals surface area contributed by atoms with Crippen molar-refractivity contribution in [3.8, 4) is 0 Å². The number of ether oxygens (including phenoxy) is 2. The quantitative estimate of drug-likeness (QED) is 0.580. The molecule has 2 aliphatic heterocycles. The Morgan fingerprint density at radius 1 is 1.20 bits per heavy atom. The van der Waals surface area contributed by atoms with Gasteiger partial charge in [0.15, 0.2) is 5.78 Å². The molecular weight excluding hydrogens is 388 g/mol. The number of ketones is 2. The van der Waals surface area contributed by atoms with Crippen molar-refractivity contribution in [3.63, 3.8) is 0 Å². The molecule has 4 aliphatic carbocycles.